The molecule has 1 heterocycles. The van der Waals surface area contributed by atoms with Gasteiger partial charge >= 0.3 is 0 Å². The summed E-state index contributed by atoms with van der Waals surface area (Å²) in [4.78, 5) is 24.1. The zero-order valence-electron chi connectivity index (χ0n) is 11.0. The van der Waals surface area contributed by atoms with Crippen LogP contribution in [-0.4, -0.2) is 17.4 Å². The van der Waals surface area contributed by atoms with Gasteiger partial charge in [0.15, 0.2) is 0 Å². The highest BCUT2D eigenvalue weighted by Gasteiger charge is 2.30. The number of anilines is 1. The molecule has 1 unspecified atom stereocenters. The highest BCUT2D eigenvalue weighted by Crippen LogP contribution is 2.32. The number of amides is 1. The Bertz CT molecular complexity index is 566. The first-order valence-corrected chi connectivity index (χ1v) is 6.12. The van der Waals surface area contributed by atoms with Crippen LogP contribution in [-0.2, 0) is 4.79 Å². The minimum Gasteiger partial charge on any atom is -0.312 e. The Balaban J connectivity index is 2.41. The largest absolute Gasteiger partial charge is 0.312 e. The van der Waals surface area contributed by atoms with Gasteiger partial charge in [0, 0.05) is 36.2 Å². The molecule has 100 valence electrons. The molecule has 2 rings (SSSR count). The number of carbonyl (C=O) groups excluding carboxylic acids is 1. The molecule has 19 heavy (non-hydrogen) atoms. The van der Waals surface area contributed by atoms with Gasteiger partial charge in [0.1, 0.15) is 0 Å². The van der Waals surface area contributed by atoms with E-state index in [1.807, 2.05) is 0 Å². The van der Waals surface area contributed by atoms with Crippen molar-refractivity contribution in [3.8, 4) is 0 Å². The molecule has 1 atom stereocenters. The lowest BCUT2D eigenvalue weighted by molar-refractivity contribution is -0.385. The molecule has 5 nitrogen and oxygen atoms in total. The van der Waals surface area contributed by atoms with E-state index in [0.717, 1.165) is 11.3 Å². The van der Waals surface area contributed by atoms with Gasteiger partial charge in [-0.2, -0.15) is 0 Å². The standard InChI is InChI=1S/C14H16N2O3/c1-4-11-7-14(17)15(8-11)12-5-10(3)13(16(18)19)6-9(12)2/h4-6,11H,1,7-8H2,2-3H3. The second kappa shape index (κ2) is 4.84. The van der Waals surface area contributed by atoms with Crippen molar-refractivity contribution in [2.45, 2.75) is 20.3 Å². The fraction of sp³-hybridized carbons (Fsp3) is 0.357. The lowest BCUT2D eigenvalue weighted by Crippen LogP contribution is -2.25. The quantitative estimate of drug-likeness (QED) is 0.477. The molecule has 1 amide bonds. The molecule has 0 aliphatic carbocycles. The summed E-state index contributed by atoms with van der Waals surface area (Å²) in [6.45, 7) is 7.79. The van der Waals surface area contributed by atoms with Crippen LogP contribution in [0.2, 0.25) is 0 Å². The zero-order chi connectivity index (χ0) is 14.2. The van der Waals surface area contributed by atoms with Gasteiger partial charge in [0.2, 0.25) is 5.91 Å². The van der Waals surface area contributed by atoms with E-state index in [1.165, 1.54) is 6.07 Å². The molecule has 1 aromatic rings. The van der Waals surface area contributed by atoms with Crippen LogP contribution in [0.3, 0.4) is 0 Å². The Kier molecular flexibility index (Phi) is 3.38. The van der Waals surface area contributed by atoms with Crippen LogP contribution >= 0.6 is 0 Å². The fourth-order valence-electron chi connectivity index (χ4n) is 2.40. The Morgan fingerprint density at radius 1 is 1.42 bits per heavy atom. The normalized spacial score (nSPS) is 18.7. The van der Waals surface area contributed by atoms with Crippen molar-refractivity contribution in [2.75, 3.05) is 11.4 Å². The summed E-state index contributed by atoms with van der Waals surface area (Å²) in [7, 11) is 0. The van der Waals surface area contributed by atoms with Crippen LogP contribution in [0.5, 0.6) is 0 Å². The summed E-state index contributed by atoms with van der Waals surface area (Å²) in [6.07, 6.45) is 2.24. The molecule has 5 heteroatoms. The van der Waals surface area contributed by atoms with E-state index in [0.29, 0.717) is 18.5 Å². The Morgan fingerprint density at radius 2 is 2.11 bits per heavy atom. The minimum atomic E-state index is -0.398. The average molecular weight is 260 g/mol. The Morgan fingerprint density at radius 3 is 2.63 bits per heavy atom. The van der Waals surface area contributed by atoms with Crippen molar-refractivity contribution < 1.29 is 9.72 Å². The van der Waals surface area contributed by atoms with Gasteiger partial charge in [0.05, 0.1) is 4.92 Å². The van der Waals surface area contributed by atoms with E-state index >= 15 is 0 Å². The number of benzene rings is 1. The fourth-order valence-corrected chi connectivity index (χ4v) is 2.40. The lowest BCUT2D eigenvalue weighted by Gasteiger charge is -2.19. The first kappa shape index (κ1) is 13.3. The van der Waals surface area contributed by atoms with Crippen LogP contribution in [0.15, 0.2) is 24.8 Å². The van der Waals surface area contributed by atoms with Crippen LogP contribution in [0.4, 0.5) is 11.4 Å². The van der Waals surface area contributed by atoms with Crippen LogP contribution in [0.25, 0.3) is 0 Å². The molecule has 0 saturated carbocycles. The molecule has 0 spiro atoms. The molecule has 1 fully saturated rings. The highest BCUT2D eigenvalue weighted by molar-refractivity contribution is 5.97. The summed E-state index contributed by atoms with van der Waals surface area (Å²) < 4.78 is 0. The monoisotopic (exact) mass is 260 g/mol. The Hall–Kier alpha value is -2.17. The summed E-state index contributed by atoms with van der Waals surface area (Å²) in [5.74, 6) is 0.198. The predicted molar refractivity (Wildman–Crippen MR) is 73.2 cm³/mol. The highest BCUT2D eigenvalue weighted by atomic mass is 16.6. The summed E-state index contributed by atoms with van der Waals surface area (Å²) in [5.41, 5.74) is 2.17. The molecule has 0 bridgehead atoms. The molecule has 0 N–H and O–H groups in total. The van der Waals surface area contributed by atoms with Crippen molar-refractivity contribution in [3.63, 3.8) is 0 Å². The third-order valence-electron chi connectivity index (χ3n) is 3.49. The topological polar surface area (TPSA) is 63.5 Å². The molecular weight excluding hydrogens is 244 g/mol. The predicted octanol–water partition coefficient (Wildman–Crippen LogP) is 2.75. The van der Waals surface area contributed by atoms with Gasteiger partial charge < -0.3 is 4.90 Å². The summed E-state index contributed by atoms with van der Waals surface area (Å²) in [6, 6.07) is 3.25. The maximum atomic E-state index is 12.0. The third-order valence-corrected chi connectivity index (χ3v) is 3.49. The smallest absolute Gasteiger partial charge is 0.272 e. The zero-order valence-corrected chi connectivity index (χ0v) is 11.0. The molecule has 0 aromatic heterocycles. The van der Waals surface area contributed by atoms with Gasteiger partial charge in [0.25, 0.3) is 5.69 Å². The second-order valence-electron chi connectivity index (χ2n) is 4.89. The van der Waals surface area contributed by atoms with Crippen molar-refractivity contribution in [1.82, 2.24) is 0 Å². The van der Waals surface area contributed by atoms with Crippen molar-refractivity contribution in [1.29, 1.82) is 0 Å². The minimum absolute atomic E-state index is 0.0428. The molecule has 1 aromatic carbocycles. The Labute approximate surface area is 111 Å². The van der Waals surface area contributed by atoms with E-state index in [-0.39, 0.29) is 17.5 Å². The maximum Gasteiger partial charge on any atom is 0.272 e. The molecular formula is C14H16N2O3. The number of hydrogen-bond acceptors (Lipinski definition) is 3. The second-order valence-corrected chi connectivity index (χ2v) is 4.89. The third kappa shape index (κ3) is 2.36. The molecule has 1 saturated heterocycles. The number of carbonyl (C=O) groups is 1. The number of hydrogen-bond donors (Lipinski definition) is 0. The molecule has 0 radical (unpaired) electrons. The van der Waals surface area contributed by atoms with Gasteiger partial charge in [-0.15, -0.1) is 6.58 Å². The van der Waals surface area contributed by atoms with Crippen molar-refractivity contribution >= 4 is 17.3 Å². The van der Waals surface area contributed by atoms with E-state index < -0.39 is 4.92 Å². The number of aryl methyl sites for hydroxylation is 2. The summed E-state index contributed by atoms with van der Waals surface area (Å²) in [5, 5.41) is 10.9. The number of nitro groups is 1. The number of nitro benzene ring substituents is 1. The van der Waals surface area contributed by atoms with E-state index in [9.17, 15) is 14.9 Å². The van der Waals surface area contributed by atoms with Gasteiger partial charge in [-0.1, -0.05) is 6.08 Å². The number of rotatable bonds is 3. The first-order chi connectivity index (χ1) is 8.93. The SMILES string of the molecule is C=CC1CC(=O)N(c2cc(C)c([N+](=O)[O-])cc2C)C1. The van der Waals surface area contributed by atoms with E-state index in [1.54, 1.807) is 30.9 Å². The van der Waals surface area contributed by atoms with E-state index in [4.69, 9.17) is 0 Å². The van der Waals surface area contributed by atoms with Gasteiger partial charge in [-0.3, -0.25) is 14.9 Å². The van der Waals surface area contributed by atoms with Crippen LogP contribution in [0.1, 0.15) is 17.5 Å². The van der Waals surface area contributed by atoms with Crippen LogP contribution in [0, 0.1) is 29.9 Å². The maximum absolute atomic E-state index is 12.0. The molecule has 1 aliphatic heterocycles. The van der Waals surface area contributed by atoms with Crippen LogP contribution < -0.4 is 4.90 Å². The number of nitrogens with zero attached hydrogens (tertiary/aromatic N) is 2. The van der Waals surface area contributed by atoms with Gasteiger partial charge in [-0.25, -0.2) is 0 Å². The average Bonchev–Trinajstić information content (AvgIpc) is 2.72. The summed E-state index contributed by atoms with van der Waals surface area (Å²) >= 11 is 0. The lowest BCUT2D eigenvalue weighted by atomic mass is 10.1. The molecule has 1 aliphatic rings. The van der Waals surface area contributed by atoms with Crippen molar-refractivity contribution in [2.24, 2.45) is 5.92 Å². The van der Waals surface area contributed by atoms with Crippen molar-refractivity contribution in [3.05, 3.63) is 46.0 Å². The van der Waals surface area contributed by atoms with E-state index in [2.05, 4.69) is 6.58 Å². The first-order valence-electron chi connectivity index (χ1n) is 6.12. The van der Waals surface area contributed by atoms with Gasteiger partial charge in [-0.05, 0) is 25.5 Å².